The van der Waals surface area contributed by atoms with Gasteiger partial charge in [0.15, 0.2) is 0 Å². The van der Waals surface area contributed by atoms with Gasteiger partial charge in [-0.3, -0.25) is 15.1 Å². The van der Waals surface area contributed by atoms with E-state index in [0.717, 1.165) is 45.7 Å². The van der Waals surface area contributed by atoms with Gasteiger partial charge in [0.05, 0.1) is 23.8 Å². The van der Waals surface area contributed by atoms with E-state index in [0.29, 0.717) is 5.92 Å². The van der Waals surface area contributed by atoms with E-state index in [-0.39, 0.29) is 0 Å². The highest BCUT2D eigenvalue weighted by Gasteiger charge is 2.07. The molecule has 0 unspecified atom stereocenters. The summed E-state index contributed by atoms with van der Waals surface area (Å²) in [5.74, 6) is 0.569. The van der Waals surface area contributed by atoms with E-state index in [1.54, 1.807) is 12.4 Å². The summed E-state index contributed by atoms with van der Waals surface area (Å²) in [6.45, 7) is 18.4. The largest absolute Gasteiger partial charge is 0.358 e. The van der Waals surface area contributed by atoms with Gasteiger partial charge in [0.25, 0.3) is 0 Å². The molecule has 0 radical (unpaired) electrons. The van der Waals surface area contributed by atoms with Gasteiger partial charge in [0.1, 0.15) is 5.52 Å². The normalized spacial score (nSPS) is 9.93. The van der Waals surface area contributed by atoms with E-state index in [4.69, 9.17) is 0 Å². The second-order valence-electron chi connectivity index (χ2n) is 6.22. The summed E-state index contributed by atoms with van der Waals surface area (Å²) < 4.78 is 0. The summed E-state index contributed by atoms with van der Waals surface area (Å²) in [7, 11) is 0. The molecule has 0 spiro atoms. The predicted octanol–water partition coefficient (Wildman–Crippen LogP) is 6.35. The van der Waals surface area contributed by atoms with Gasteiger partial charge >= 0.3 is 0 Å². The number of hydrogen-bond donors (Lipinski definition) is 2. The molecule has 146 valence electrons. The van der Waals surface area contributed by atoms with Crippen molar-refractivity contribution in [1.82, 2.24) is 20.2 Å². The van der Waals surface area contributed by atoms with Crippen LogP contribution in [-0.2, 0) is 0 Å². The van der Waals surface area contributed by atoms with Crippen molar-refractivity contribution in [2.45, 2.75) is 54.9 Å². The van der Waals surface area contributed by atoms with Crippen LogP contribution in [0.15, 0.2) is 43.0 Å². The molecule has 0 saturated heterocycles. The monoisotopic (exact) mass is 367 g/mol. The van der Waals surface area contributed by atoms with Crippen molar-refractivity contribution < 1.29 is 0 Å². The lowest BCUT2D eigenvalue weighted by Gasteiger charge is -2.12. The highest BCUT2D eigenvalue weighted by Crippen LogP contribution is 2.24. The Balaban J connectivity index is 0.000000855. The van der Waals surface area contributed by atoms with Gasteiger partial charge in [0, 0.05) is 28.5 Å². The highest BCUT2D eigenvalue weighted by molar-refractivity contribution is 5.84. The van der Waals surface area contributed by atoms with Crippen LogP contribution in [0, 0.1) is 12.8 Å². The highest BCUT2D eigenvalue weighted by atomic mass is 15.1. The zero-order chi connectivity index (χ0) is 20.4. The van der Waals surface area contributed by atoms with Gasteiger partial charge < -0.3 is 5.32 Å². The Hall–Kier alpha value is -2.69. The topological polar surface area (TPSA) is 66.5 Å². The first-order chi connectivity index (χ1) is 13.0. The summed E-state index contributed by atoms with van der Waals surface area (Å²) in [5.41, 5.74) is 5.68. The van der Waals surface area contributed by atoms with Crippen molar-refractivity contribution in [1.29, 1.82) is 0 Å². The number of H-pyrrole nitrogens is 1. The Morgan fingerprint density at radius 3 is 2.48 bits per heavy atom. The Morgan fingerprint density at radius 1 is 1.11 bits per heavy atom. The third-order valence-electron chi connectivity index (χ3n) is 3.64. The van der Waals surface area contributed by atoms with E-state index in [2.05, 4.69) is 45.9 Å². The molecule has 0 atom stereocenters. The lowest BCUT2D eigenvalue weighted by molar-refractivity contribution is 0.645. The standard InChI is InChI=1S/C18H21N5.2C2H6/c1-11(2)5-12(3)21-15-6-14(8-19-9-15)17-7-16-13(4)22-23-18(16)10-20-17;2*1-2/h6-11,21H,3,5H2,1-2,4H3,(H,22,23);2*1-2H3. The Labute approximate surface area is 163 Å². The fraction of sp³-hybridized carbons (Fsp3) is 0.409. The number of nitrogens with one attached hydrogen (secondary N) is 2. The Bertz CT molecular complexity index is 849. The molecule has 0 bridgehead atoms. The first-order valence-electron chi connectivity index (χ1n) is 9.74. The number of allylic oxidation sites excluding steroid dienone is 1. The quantitative estimate of drug-likeness (QED) is 0.551. The van der Waals surface area contributed by atoms with Crippen LogP contribution in [0.2, 0.25) is 0 Å². The van der Waals surface area contributed by atoms with Gasteiger partial charge in [-0.15, -0.1) is 0 Å². The van der Waals surface area contributed by atoms with Crippen molar-refractivity contribution in [2.24, 2.45) is 5.92 Å². The van der Waals surface area contributed by atoms with Crippen LogP contribution in [0.4, 0.5) is 5.69 Å². The summed E-state index contributed by atoms with van der Waals surface area (Å²) in [6.07, 6.45) is 6.34. The molecule has 3 heterocycles. The molecule has 5 heteroatoms. The predicted molar refractivity (Wildman–Crippen MR) is 117 cm³/mol. The third-order valence-corrected chi connectivity index (χ3v) is 3.64. The van der Waals surface area contributed by atoms with E-state index >= 15 is 0 Å². The average molecular weight is 368 g/mol. The fourth-order valence-electron chi connectivity index (χ4n) is 2.60. The molecule has 2 N–H and O–H groups in total. The number of hydrogen-bond acceptors (Lipinski definition) is 4. The van der Waals surface area contributed by atoms with Crippen LogP contribution in [0.3, 0.4) is 0 Å². The van der Waals surface area contributed by atoms with Gasteiger partial charge in [-0.1, -0.05) is 48.1 Å². The van der Waals surface area contributed by atoms with E-state index in [1.165, 1.54) is 0 Å². The summed E-state index contributed by atoms with van der Waals surface area (Å²) >= 11 is 0. The van der Waals surface area contributed by atoms with Crippen LogP contribution in [-0.4, -0.2) is 20.2 Å². The molecule has 0 aromatic carbocycles. The molecule has 0 aliphatic heterocycles. The number of pyridine rings is 2. The minimum atomic E-state index is 0.569. The molecule has 0 amide bonds. The zero-order valence-electron chi connectivity index (χ0n) is 17.7. The maximum atomic E-state index is 4.49. The summed E-state index contributed by atoms with van der Waals surface area (Å²) in [5, 5.41) is 11.6. The fourth-order valence-corrected chi connectivity index (χ4v) is 2.60. The first-order valence-corrected chi connectivity index (χ1v) is 9.74. The Kier molecular flexibility index (Phi) is 9.20. The number of rotatable bonds is 5. The summed E-state index contributed by atoms with van der Waals surface area (Å²) in [4.78, 5) is 8.80. The molecule has 3 aromatic heterocycles. The molecule has 3 rings (SSSR count). The van der Waals surface area contributed by atoms with Crippen LogP contribution in [0.25, 0.3) is 22.2 Å². The smallest absolute Gasteiger partial charge is 0.111 e. The maximum absolute atomic E-state index is 4.49. The molecule has 0 fully saturated rings. The van der Waals surface area contributed by atoms with Crippen LogP contribution >= 0.6 is 0 Å². The Morgan fingerprint density at radius 2 is 1.81 bits per heavy atom. The maximum Gasteiger partial charge on any atom is 0.111 e. The van der Waals surface area contributed by atoms with Crippen molar-refractivity contribution in [2.75, 3.05) is 5.32 Å². The minimum Gasteiger partial charge on any atom is -0.358 e. The van der Waals surface area contributed by atoms with Gasteiger partial charge in [0.2, 0.25) is 0 Å². The molecule has 0 saturated carbocycles. The van der Waals surface area contributed by atoms with E-state index < -0.39 is 0 Å². The van der Waals surface area contributed by atoms with Crippen molar-refractivity contribution in [3.8, 4) is 11.3 Å². The zero-order valence-corrected chi connectivity index (χ0v) is 17.7. The number of nitrogens with zero attached hydrogens (tertiary/aromatic N) is 3. The second kappa shape index (κ2) is 11.1. The van der Waals surface area contributed by atoms with Crippen molar-refractivity contribution >= 4 is 16.6 Å². The molecular formula is C22H33N5. The number of anilines is 1. The van der Waals surface area contributed by atoms with Crippen LogP contribution < -0.4 is 5.32 Å². The number of aryl methyl sites for hydroxylation is 1. The van der Waals surface area contributed by atoms with Crippen LogP contribution in [0.5, 0.6) is 0 Å². The lowest BCUT2D eigenvalue weighted by atomic mass is 10.1. The molecular weight excluding hydrogens is 334 g/mol. The summed E-state index contributed by atoms with van der Waals surface area (Å²) in [6, 6.07) is 4.08. The minimum absolute atomic E-state index is 0.569. The van der Waals surface area contributed by atoms with E-state index in [9.17, 15) is 0 Å². The van der Waals surface area contributed by atoms with Crippen LogP contribution in [0.1, 0.15) is 53.7 Å². The molecule has 5 nitrogen and oxygen atoms in total. The molecule has 27 heavy (non-hydrogen) atoms. The molecule has 0 aliphatic rings. The van der Waals surface area contributed by atoms with Gasteiger partial charge in [-0.05, 0) is 31.4 Å². The second-order valence-corrected chi connectivity index (χ2v) is 6.22. The molecule has 3 aromatic rings. The average Bonchev–Trinajstić information content (AvgIpc) is 3.05. The SMILES string of the molecule is C=C(CC(C)C)Nc1cncc(-c2cc3c(C)[nH]nc3cn2)c1.CC.CC. The van der Waals surface area contributed by atoms with Gasteiger partial charge in [-0.25, -0.2) is 0 Å². The first kappa shape index (κ1) is 22.4. The van der Waals surface area contributed by atoms with E-state index in [1.807, 2.05) is 52.9 Å². The van der Waals surface area contributed by atoms with Gasteiger partial charge in [-0.2, -0.15) is 5.10 Å². The number of aromatic nitrogens is 4. The molecule has 0 aliphatic carbocycles. The third kappa shape index (κ3) is 6.20. The number of aromatic amines is 1. The van der Waals surface area contributed by atoms with Crippen molar-refractivity contribution in [3.05, 3.63) is 48.7 Å². The number of fused-ring (bicyclic) bond motifs is 1. The lowest BCUT2D eigenvalue weighted by Crippen LogP contribution is -2.02. The van der Waals surface area contributed by atoms with Crippen molar-refractivity contribution in [3.63, 3.8) is 0 Å².